The molecule has 1 aliphatic carbocycles. The van der Waals surface area contributed by atoms with Crippen LogP contribution < -0.4 is 20.1 Å². The molecule has 198 valence electrons. The van der Waals surface area contributed by atoms with Crippen LogP contribution >= 0.6 is 0 Å². The molecule has 1 saturated heterocycles. The van der Waals surface area contributed by atoms with Crippen LogP contribution in [0.1, 0.15) is 69.4 Å². The molecular weight excluding hydrogens is 470 g/mol. The first kappa shape index (κ1) is 25.4. The average Bonchev–Trinajstić information content (AvgIpc) is 3.60. The van der Waals surface area contributed by atoms with Gasteiger partial charge < -0.3 is 25.0 Å². The first-order valence-electron chi connectivity index (χ1n) is 13.5. The number of rotatable bonds is 7. The summed E-state index contributed by atoms with van der Waals surface area (Å²) in [5.41, 5.74) is 2.55. The number of nitrogens with zero attached hydrogens (tertiary/aromatic N) is 3. The van der Waals surface area contributed by atoms with Crippen LogP contribution in [0.15, 0.2) is 24.3 Å². The maximum Gasteiger partial charge on any atom is 0.246 e. The molecule has 0 bridgehead atoms. The largest absolute Gasteiger partial charge is 0.454 e. The molecule has 2 fully saturated rings. The zero-order valence-corrected chi connectivity index (χ0v) is 22.0. The van der Waals surface area contributed by atoms with Crippen LogP contribution in [0.2, 0.25) is 0 Å². The van der Waals surface area contributed by atoms with Crippen LogP contribution in [0.3, 0.4) is 0 Å². The number of ether oxygens (including phenoxy) is 2. The highest BCUT2D eigenvalue weighted by atomic mass is 16.7. The van der Waals surface area contributed by atoms with Crippen molar-refractivity contribution < 1.29 is 19.1 Å². The van der Waals surface area contributed by atoms with Gasteiger partial charge in [-0.15, -0.1) is 0 Å². The van der Waals surface area contributed by atoms with E-state index in [0.717, 1.165) is 61.2 Å². The summed E-state index contributed by atoms with van der Waals surface area (Å²) in [5.74, 6) is 2.12. The van der Waals surface area contributed by atoms with Crippen LogP contribution in [0.5, 0.6) is 11.5 Å². The SMILES string of the molecule is CN[C@@H](C)C(=O)N[C@H](C(=O)N1CCC[C@H]1c1cc(-c2ccc3c(c2)OCO3)nc(C)n1)C1CCCCC1. The summed E-state index contributed by atoms with van der Waals surface area (Å²) in [6.45, 7) is 4.58. The van der Waals surface area contributed by atoms with Crippen molar-refractivity contribution in [2.45, 2.75) is 76.9 Å². The summed E-state index contributed by atoms with van der Waals surface area (Å²) in [5, 5.41) is 6.10. The lowest BCUT2D eigenvalue weighted by Gasteiger charge is -2.35. The second-order valence-corrected chi connectivity index (χ2v) is 10.4. The van der Waals surface area contributed by atoms with Crippen LogP contribution in [0, 0.1) is 12.8 Å². The lowest BCUT2D eigenvalue weighted by atomic mass is 9.83. The number of likely N-dealkylation sites (tertiary alicyclic amines) is 1. The number of nitrogens with one attached hydrogen (secondary N) is 2. The molecule has 0 spiro atoms. The summed E-state index contributed by atoms with van der Waals surface area (Å²) in [4.78, 5) is 38.3. The van der Waals surface area contributed by atoms with Gasteiger partial charge >= 0.3 is 0 Å². The van der Waals surface area contributed by atoms with Crippen LogP contribution in [0.4, 0.5) is 0 Å². The number of aromatic nitrogens is 2. The Kier molecular flexibility index (Phi) is 7.60. The molecule has 1 saturated carbocycles. The number of carbonyl (C=O) groups excluding carboxylic acids is 2. The van der Waals surface area contributed by atoms with E-state index >= 15 is 0 Å². The number of amides is 2. The fraction of sp³-hybridized carbons (Fsp3) is 0.571. The third kappa shape index (κ3) is 5.42. The predicted molar refractivity (Wildman–Crippen MR) is 139 cm³/mol. The van der Waals surface area contributed by atoms with E-state index in [-0.39, 0.29) is 36.6 Å². The monoisotopic (exact) mass is 507 g/mol. The van der Waals surface area contributed by atoms with Crippen LogP contribution in [0.25, 0.3) is 11.3 Å². The lowest BCUT2D eigenvalue weighted by molar-refractivity contribution is -0.139. The van der Waals surface area contributed by atoms with Crippen molar-refractivity contribution in [1.29, 1.82) is 0 Å². The number of carbonyl (C=O) groups is 2. The van der Waals surface area contributed by atoms with Crippen molar-refractivity contribution in [2.75, 3.05) is 20.4 Å². The highest BCUT2D eigenvalue weighted by molar-refractivity contribution is 5.90. The number of hydrogen-bond acceptors (Lipinski definition) is 7. The minimum atomic E-state index is -0.513. The molecule has 2 N–H and O–H groups in total. The van der Waals surface area contributed by atoms with E-state index in [0.29, 0.717) is 18.1 Å². The van der Waals surface area contributed by atoms with E-state index in [9.17, 15) is 9.59 Å². The van der Waals surface area contributed by atoms with Crippen molar-refractivity contribution in [3.8, 4) is 22.8 Å². The molecule has 2 aliphatic heterocycles. The van der Waals surface area contributed by atoms with Crippen molar-refractivity contribution in [1.82, 2.24) is 25.5 Å². The summed E-state index contributed by atoms with van der Waals surface area (Å²) in [6, 6.07) is 6.76. The quantitative estimate of drug-likeness (QED) is 0.591. The molecule has 37 heavy (non-hydrogen) atoms. The van der Waals surface area contributed by atoms with Crippen molar-refractivity contribution in [3.63, 3.8) is 0 Å². The van der Waals surface area contributed by atoms with Crippen molar-refractivity contribution >= 4 is 11.8 Å². The molecule has 1 aromatic heterocycles. The summed E-state index contributed by atoms with van der Waals surface area (Å²) < 4.78 is 11.0. The second-order valence-electron chi connectivity index (χ2n) is 10.4. The molecule has 2 aromatic rings. The molecule has 0 radical (unpaired) electrons. The van der Waals surface area contributed by atoms with E-state index in [1.807, 2.05) is 43.0 Å². The Morgan fingerprint density at radius 2 is 1.81 bits per heavy atom. The van der Waals surface area contributed by atoms with Gasteiger partial charge in [0.15, 0.2) is 11.5 Å². The van der Waals surface area contributed by atoms with Gasteiger partial charge in [-0.05, 0) is 76.8 Å². The van der Waals surface area contributed by atoms with Gasteiger partial charge in [-0.3, -0.25) is 9.59 Å². The molecule has 3 atom stereocenters. The lowest BCUT2D eigenvalue weighted by Crippen LogP contribution is -2.55. The number of benzene rings is 1. The third-order valence-electron chi connectivity index (χ3n) is 7.91. The van der Waals surface area contributed by atoms with Gasteiger partial charge in [-0.2, -0.15) is 0 Å². The number of likely N-dealkylation sites (N-methyl/N-ethyl adjacent to an activating group) is 1. The molecule has 2 amide bonds. The topological polar surface area (TPSA) is 106 Å². The van der Waals surface area contributed by atoms with Gasteiger partial charge in [0, 0.05) is 12.1 Å². The Morgan fingerprint density at radius 1 is 1.03 bits per heavy atom. The van der Waals surface area contributed by atoms with Crippen LogP contribution in [-0.4, -0.2) is 59.2 Å². The first-order chi connectivity index (χ1) is 17.9. The Hall–Kier alpha value is -3.20. The minimum Gasteiger partial charge on any atom is -0.454 e. The predicted octanol–water partition coefficient (Wildman–Crippen LogP) is 3.52. The first-order valence-corrected chi connectivity index (χ1v) is 13.5. The number of aryl methyl sites for hydroxylation is 1. The maximum atomic E-state index is 14.1. The minimum absolute atomic E-state index is 0.00643. The van der Waals surface area contributed by atoms with Gasteiger partial charge in [0.1, 0.15) is 11.9 Å². The highest BCUT2D eigenvalue weighted by Crippen LogP contribution is 2.38. The van der Waals surface area contributed by atoms with Gasteiger partial charge in [0.05, 0.1) is 23.5 Å². The zero-order valence-electron chi connectivity index (χ0n) is 22.0. The van der Waals surface area contributed by atoms with E-state index in [2.05, 4.69) is 15.6 Å². The molecule has 0 unspecified atom stereocenters. The molecule has 3 aliphatic rings. The van der Waals surface area contributed by atoms with Gasteiger partial charge in [0.25, 0.3) is 0 Å². The Bertz CT molecular complexity index is 1150. The van der Waals surface area contributed by atoms with Crippen LogP contribution in [-0.2, 0) is 9.59 Å². The maximum absolute atomic E-state index is 14.1. The fourth-order valence-electron chi connectivity index (χ4n) is 5.74. The number of fused-ring (bicyclic) bond motifs is 1. The molecule has 1 aromatic carbocycles. The van der Waals surface area contributed by atoms with Gasteiger partial charge in [-0.1, -0.05) is 19.3 Å². The summed E-state index contributed by atoms with van der Waals surface area (Å²) >= 11 is 0. The normalized spacial score (nSPS) is 21.1. The third-order valence-corrected chi connectivity index (χ3v) is 7.91. The second kappa shape index (κ2) is 11.0. The van der Waals surface area contributed by atoms with Crippen molar-refractivity contribution in [2.24, 2.45) is 5.92 Å². The Morgan fingerprint density at radius 3 is 2.59 bits per heavy atom. The summed E-state index contributed by atoms with van der Waals surface area (Å²) in [6.07, 6.45) is 7.04. The Labute approximate surface area is 218 Å². The van der Waals surface area contributed by atoms with E-state index in [1.165, 1.54) is 6.42 Å². The van der Waals surface area contributed by atoms with Gasteiger partial charge in [0.2, 0.25) is 18.6 Å². The van der Waals surface area contributed by atoms with E-state index in [1.54, 1.807) is 7.05 Å². The number of hydrogen-bond donors (Lipinski definition) is 2. The Balaban J connectivity index is 1.41. The van der Waals surface area contributed by atoms with E-state index < -0.39 is 6.04 Å². The average molecular weight is 508 g/mol. The van der Waals surface area contributed by atoms with Crippen molar-refractivity contribution in [3.05, 3.63) is 35.8 Å². The molecule has 5 rings (SSSR count). The fourth-order valence-corrected chi connectivity index (χ4v) is 5.74. The molecule has 3 heterocycles. The molecule has 9 nitrogen and oxygen atoms in total. The summed E-state index contributed by atoms with van der Waals surface area (Å²) in [7, 11) is 1.76. The highest BCUT2D eigenvalue weighted by Gasteiger charge is 2.39. The molecule has 9 heteroatoms. The molecular formula is C28H37N5O4. The van der Waals surface area contributed by atoms with E-state index in [4.69, 9.17) is 14.5 Å². The standard InChI is InChI=1S/C28H37N5O4/c1-17(29-3)27(34)32-26(19-8-5-4-6-9-19)28(35)33-13-7-10-23(33)22-15-21(30-18(2)31-22)20-11-12-24-25(14-20)37-16-36-24/h11-12,14-15,17,19,23,26,29H,4-10,13,16H2,1-3H3,(H,32,34)/t17-,23-,26-/m0/s1. The van der Waals surface area contributed by atoms with Gasteiger partial charge in [-0.25, -0.2) is 9.97 Å². The zero-order chi connectivity index (χ0) is 25.9. The smallest absolute Gasteiger partial charge is 0.246 e.